The van der Waals surface area contributed by atoms with Crippen LogP contribution in [0.3, 0.4) is 0 Å². The van der Waals surface area contributed by atoms with Crippen molar-refractivity contribution in [3.05, 3.63) is 12.2 Å². The third-order valence-electron chi connectivity index (χ3n) is 2.92. The van der Waals surface area contributed by atoms with Crippen molar-refractivity contribution in [3.8, 4) is 6.07 Å². The number of hydrogen-bond acceptors (Lipinski definition) is 2. The molecule has 0 aliphatic heterocycles. The highest BCUT2D eigenvalue weighted by Gasteiger charge is 2.52. The standard InChI is InChI=1S/C11H19NOSi/c1-9-6-10(7-12)11(9,13-2)8-14(3,4)5/h10H,1,6,8H2,2-5H3. The van der Waals surface area contributed by atoms with Crippen molar-refractivity contribution in [1.29, 1.82) is 5.26 Å². The van der Waals surface area contributed by atoms with Crippen LogP contribution in [0.5, 0.6) is 0 Å². The molecule has 0 N–H and O–H groups in total. The molecule has 1 rings (SSSR count). The lowest BCUT2D eigenvalue weighted by atomic mass is 9.67. The van der Waals surface area contributed by atoms with Crippen LogP contribution in [0.15, 0.2) is 12.2 Å². The van der Waals surface area contributed by atoms with Gasteiger partial charge in [-0.05, 0) is 18.0 Å². The molecule has 0 radical (unpaired) electrons. The fraction of sp³-hybridized carbons (Fsp3) is 0.727. The zero-order valence-electron chi connectivity index (χ0n) is 9.55. The first-order valence-electron chi connectivity index (χ1n) is 4.99. The van der Waals surface area contributed by atoms with E-state index >= 15 is 0 Å². The van der Waals surface area contributed by atoms with Crippen LogP contribution in [-0.4, -0.2) is 20.8 Å². The van der Waals surface area contributed by atoms with Crippen molar-refractivity contribution in [2.24, 2.45) is 5.92 Å². The Morgan fingerprint density at radius 1 is 1.64 bits per heavy atom. The maximum Gasteiger partial charge on any atom is 0.102 e. The van der Waals surface area contributed by atoms with Crippen LogP contribution in [0.1, 0.15) is 6.42 Å². The van der Waals surface area contributed by atoms with Crippen LogP contribution in [0, 0.1) is 17.2 Å². The summed E-state index contributed by atoms with van der Waals surface area (Å²) in [7, 11) is 0.483. The molecule has 0 saturated heterocycles. The molecule has 78 valence electrons. The SMILES string of the molecule is C=C1CC(C#N)C1(C[Si](C)(C)C)OC. The molecule has 2 atom stereocenters. The Kier molecular flexibility index (Phi) is 2.89. The van der Waals surface area contributed by atoms with Gasteiger partial charge in [0.15, 0.2) is 0 Å². The van der Waals surface area contributed by atoms with Crippen LogP contribution >= 0.6 is 0 Å². The van der Waals surface area contributed by atoms with Crippen LogP contribution in [0.25, 0.3) is 0 Å². The second-order valence-corrected chi connectivity index (χ2v) is 10.8. The van der Waals surface area contributed by atoms with Gasteiger partial charge < -0.3 is 4.74 Å². The van der Waals surface area contributed by atoms with Crippen molar-refractivity contribution in [2.75, 3.05) is 7.11 Å². The number of ether oxygens (including phenoxy) is 1. The molecule has 0 spiro atoms. The molecular weight excluding hydrogens is 190 g/mol. The summed E-state index contributed by atoms with van der Waals surface area (Å²) >= 11 is 0. The highest BCUT2D eigenvalue weighted by Crippen LogP contribution is 2.49. The zero-order chi connectivity index (χ0) is 11.0. The van der Waals surface area contributed by atoms with Crippen molar-refractivity contribution >= 4 is 8.07 Å². The molecule has 2 unspecified atom stereocenters. The minimum atomic E-state index is -1.22. The molecule has 0 aromatic carbocycles. The van der Waals surface area contributed by atoms with E-state index in [9.17, 15) is 0 Å². The van der Waals surface area contributed by atoms with Gasteiger partial charge in [0.2, 0.25) is 0 Å². The smallest absolute Gasteiger partial charge is 0.102 e. The fourth-order valence-electron chi connectivity index (χ4n) is 2.24. The molecule has 1 saturated carbocycles. The molecule has 0 aromatic heterocycles. The van der Waals surface area contributed by atoms with E-state index in [1.807, 2.05) is 0 Å². The fourth-order valence-corrected chi connectivity index (χ4v) is 4.46. The van der Waals surface area contributed by atoms with E-state index in [1.54, 1.807) is 7.11 Å². The highest BCUT2D eigenvalue weighted by atomic mass is 28.3. The Bertz CT molecular complexity index is 287. The van der Waals surface area contributed by atoms with Gasteiger partial charge in [-0.25, -0.2) is 0 Å². The largest absolute Gasteiger partial charge is 0.373 e. The summed E-state index contributed by atoms with van der Waals surface area (Å²) in [6, 6.07) is 3.34. The first-order valence-corrected chi connectivity index (χ1v) is 8.69. The quantitative estimate of drug-likeness (QED) is 0.529. The van der Waals surface area contributed by atoms with Crippen LogP contribution in [-0.2, 0) is 4.74 Å². The van der Waals surface area contributed by atoms with Gasteiger partial charge in [-0.15, -0.1) is 0 Å². The Balaban J connectivity index is 2.87. The maximum atomic E-state index is 9.01. The van der Waals surface area contributed by atoms with E-state index in [0.717, 1.165) is 18.0 Å². The van der Waals surface area contributed by atoms with E-state index in [-0.39, 0.29) is 11.5 Å². The molecule has 2 nitrogen and oxygen atoms in total. The Labute approximate surface area is 87.6 Å². The van der Waals surface area contributed by atoms with Gasteiger partial charge in [0.25, 0.3) is 0 Å². The van der Waals surface area contributed by atoms with Crippen LogP contribution < -0.4 is 0 Å². The molecule has 0 bridgehead atoms. The molecule has 0 heterocycles. The molecule has 1 fully saturated rings. The summed E-state index contributed by atoms with van der Waals surface area (Å²) in [5.41, 5.74) is 0.785. The topological polar surface area (TPSA) is 33.0 Å². The van der Waals surface area contributed by atoms with Crippen molar-refractivity contribution in [2.45, 2.75) is 37.7 Å². The molecule has 0 amide bonds. The first kappa shape index (κ1) is 11.5. The minimum Gasteiger partial charge on any atom is -0.373 e. The number of methoxy groups -OCH3 is 1. The highest BCUT2D eigenvalue weighted by molar-refractivity contribution is 6.76. The van der Waals surface area contributed by atoms with Crippen molar-refractivity contribution in [3.63, 3.8) is 0 Å². The van der Waals surface area contributed by atoms with Gasteiger partial charge in [0.1, 0.15) is 5.60 Å². The normalized spacial score (nSPS) is 32.2. The van der Waals surface area contributed by atoms with Gasteiger partial charge in [-0.1, -0.05) is 26.2 Å². The van der Waals surface area contributed by atoms with E-state index < -0.39 is 8.07 Å². The maximum absolute atomic E-state index is 9.01. The van der Waals surface area contributed by atoms with Gasteiger partial charge >= 0.3 is 0 Å². The molecule has 1 aliphatic carbocycles. The Morgan fingerprint density at radius 3 is 2.50 bits per heavy atom. The van der Waals surface area contributed by atoms with E-state index in [4.69, 9.17) is 10.00 Å². The molecular formula is C11H19NOSi. The van der Waals surface area contributed by atoms with Gasteiger partial charge in [0, 0.05) is 15.2 Å². The van der Waals surface area contributed by atoms with Crippen LogP contribution in [0.4, 0.5) is 0 Å². The summed E-state index contributed by atoms with van der Waals surface area (Å²) in [6.07, 6.45) is 0.814. The summed E-state index contributed by atoms with van der Waals surface area (Å²) in [5, 5.41) is 9.01. The van der Waals surface area contributed by atoms with Gasteiger partial charge in [-0.3, -0.25) is 0 Å². The number of nitriles is 1. The van der Waals surface area contributed by atoms with E-state index in [2.05, 4.69) is 32.3 Å². The summed E-state index contributed by atoms with van der Waals surface area (Å²) in [4.78, 5) is 0. The number of rotatable bonds is 3. The predicted molar refractivity (Wildman–Crippen MR) is 60.8 cm³/mol. The predicted octanol–water partition coefficient (Wildman–Crippen LogP) is 2.81. The summed E-state index contributed by atoms with van der Waals surface area (Å²) in [5.74, 6) is 0.0201. The summed E-state index contributed by atoms with van der Waals surface area (Å²) in [6.45, 7) is 10.9. The molecule has 14 heavy (non-hydrogen) atoms. The average Bonchev–Trinajstić information content (AvgIpc) is 2.08. The van der Waals surface area contributed by atoms with E-state index in [1.165, 1.54) is 0 Å². The molecule has 1 aliphatic rings. The second-order valence-electron chi connectivity index (χ2n) is 5.32. The average molecular weight is 209 g/mol. The molecule has 0 aromatic rings. The lowest BCUT2D eigenvalue weighted by Gasteiger charge is -2.49. The van der Waals surface area contributed by atoms with Crippen LogP contribution in [0.2, 0.25) is 25.7 Å². The Morgan fingerprint density at radius 2 is 2.21 bits per heavy atom. The van der Waals surface area contributed by atoms with Gasteiger partial charge in [-0.2, -0.15) is 5.26 Å². The third kappa shape index (κ3) is 1.77. The first-order chi connectivity index (χ1) is 6.35. The van der Waals surface area contributed by atoms with Gasteiger partial charge in [0.05, 0.1) is 12.0 Å². The monoisotopic (exact) mass is 209 g/mol. The third-order valence-corrected chi connectivity index (χ3v) is 4.51. The number of hydrogen-bond donors (Lipinski definition) is 0. The van der Waals surface area contributed by atoms with Crippen molar-refractivity contribution < 1.29 is 4.74 Å². The van der Waals surface area contributed by atoms with Crippen molar-refractivity contribution in [1.82, 2.24) is 0 Å². The Hall–Kier alpha value is -0.593. The van der Waals surface area contributed by atoms with E-state index in [0.29, 0.717) is 0 Å². The second kappa shape index (κ2) is 3.52. The lowest BCUT2D eigenvalue weighted by molar-refractivity contribution is -0.0353. The minimum absolute atomic E-state index is 0.0201. The molecule has 3 heteroatoms. The lowest BCUT2D eigenvalue weighted by Crippen LogP contribution is -2.53. The summed E-state index contributed by atoms with van der Waals surface area (Å²) < 4.78 is 5.58. The zero-order valence-corrected chi connectivity index (χ0v) is 10.6. The number of nitrogens with zero attached hydrogens (tertiary/aromatic N) is 1.